The van der Waals surface area contributed by atoms with E-state index >= 15 is 0 Å². The molecule has 2 N–H and O–H groups in total. The molecule has 3 heteroatoms. The van der Waals surface area contributed by atoms with Crippen molar-refractivity contribution in [3.63, 3.8) is 0 Å². The summed E-state index contributed by atoms with van der Waals surface area (Å²) >= 11 is 0. The fraction of sp³-hybridized carbons (Fsp3) is 0.625. The van der Waals surface area contributed by atoms with Gasteiger partial charge in [0.15, 0.2) is 11.5 Å². The molecule has 1 saturated carbocycles. The Balaban J connectivity index is 2.20. The van der Waals surface area contributed by atoms with Crippen LogP contribution in [0.3, 0.4) is 0 Å². The molecule has 1 aliphatic rings. The predicted molar refractivity (Wildman–Crippen MR) is 78.0 cm³/mol. The van der Waals surface area contributed by atoms with Gasteiger partial charge in [0.1, 0.15) is 0 Å². The first-order valence-electron chi connectivity index (χ1n) is 7.27. The zero-order valence-electron chi connectivity index (χ0n) is 12.2. The number of ether oxygens (including phenoxy) is 2. The Kier molecular flexibility index (Phi) is 4.35. The van der Waals surface area contributed by atoms with Crippen LogP contribution in [-0.2, 0) is 5.41 Å². The molecule has 3 nitrogen and oxygen atoms in total. The maximum Gasteiger partial charge on any atom is 0.161 e. The third-order valence-electron chi connectivity index (χ3n) is 3.83. The van der Waals surface area contributed by atoms with Crippen LogP contribution in [0.25, 0.3) is 0 Å². The van der Waals surface area contributed by atoms with Gasteiger partial charge in [0.05, 0.1) is 13.2 Å². The van der Waals surface area contributed by atoms with Crippen LogP contribution in [0, 0.1) is 0 Å². The quantitative estimate of drug-likeness (QED) is 0.821. The van der Waals surface area contributed by atoms with Crippen LogP contribution >= 0.6 is 0 Å². The number of hydrogen-bond acceptors (Lipinski definition) is 3. The van der Waals surface area contributed by atoms with Gasteiger partial charge in [-0.25, -0.2) is 0 Å². The molecule has 1 fully saturated rings. The maximum absolute atomic E-state index is 6.03. The van der Waals surface area contributed by atoms with E-state index in [1.54, 1.807) is 0 Å². The third kappa shape index (κ3) is 3.03. The minimum absolute atomic E-state index is 0.119. The van der Waals surface area contributed by atoms with Gasteiger partial charge in [-0.2, -0.15) is 0 Å². The average Bonchev–Trinajstić information content (AvgIpc) is 3.03. The number of nitrogens with two attached hydrogens (primary N) is 1. The lowest BCUT2D eigenvalue weighted by atomic mass is 9.97. The molecule has 0 saturated heterocycles. The molecule has 0 amide bonds. The van der Waals surface area contributed by atoms with Crippen molar-refractivity contribution < 1.29 is 9.47 Å². The molecule has 0 aromatic heterocycles. The molecular formula is C16H25NO2. The van der Waals surface area contributed by atoms with Crippen LogP contribution in [0.4, 0.5) is 0 Å². The molecule has 1 aromatic carbocycles. The fourth-order valence-electron chi connectivity index (χ4n) is 2.25. The summed E-state index contributed by atoms with van der Waals surface area (Å²) in [5.41, 5.74) is 7.41. The van der Waals surface area contributed by atoms with Gasteiger partial charge < -0.3 is 15.2 Å². The first-order valence-corrected chi connectivity index (χ1v) is 7.27. The molecule has 1 aliphatic carbocycles. The highest BCUT2D eigenvalue weighted by Gasteiger charge is 2.49. The standard InChI is InChI=1S/C16H25NO2/c1-4-8-18-13-7-6-12(16(3)11-15(16)17)10-14(13)19-9-5-2/h6-7,10,15H,4-5,8-9,11,17H2,1-3H3. The summed E-state index contributed by atoms with van der Waals surface area (Å²) in [6.45, 7) is 7.86. The van der Waals surface area contributed by atoms with Gasteiger partial charge in [0.25, 0.3) is 0 Å². The van der Waals surface area contributed by atoms with Crippen LogP contribution in [0.15, 0.2) is 18.2 Å². The lowest BCUT2D eigenvalue weighted by Gasteiger charge is -2.16. The van der Waals surface area contributed by atoms with Gasteiger partial charge in [-0.3, -0.25) is 0 Å². The summed E-state index contributed by atoms with van der Waals surface area (Å²) in [6.07, 6.45) is 3.04. The highest BCUT2D eigenvalue weighted by Crippen LogP contribution is 2.48. The Morgan fingerprint density at radius 2 is 1.74 bits per heavy atom. The topological polar surface area (TPSA) is 44.5 Å². The van der Waals surface area contributed by atoms with Gasteiger partial charge in [-0.15, -0.1) is 0 Å². The molecule has 0 radical (unpaired) electrons. The SMILES string of the molecule is CCCOc1ccc(C2(C)CC2N)cc1OCCC. The molecule has 0 aliphatic heterocycles. The highest BCUT2D eigenvalue weighted by atomic mass is 16.5. The van der Waals surface area contributed by atoms with Gasteiger partial charge in [0, 0.05) is 11.5 Å². The molecule has 2 unspecified atom stereocenters. The minimum atomic E-state index is 0.119. The number of rotatable bonds is 7. The van der Waals surface area contributed by atoms with Crippen molar-refractivity contribution in [1.29, 1.82) is 0 Å². The second kappa shape index (κ2) is 5.83. The van der Waals surface area contributed by atoms with Crippen LogP contribution in [0.2, 0.25) is 0 Å². The van der Waals surface area contributed by atoms with Crippen molar-refractivity contribution in [3.8, 4) is 11.5 Å². The predicted octanol–water partition coefficient (Wildman–Crippen LogP) is 3.25. The molecule has 106 valence electrons. The summed E-state index contributed by atoms with van der Waals surface area (Å²) in [5.74, 6) is 1.70. The number of hydrogen-bond donors (Lipinski definition) is 1. The normalized spacial score (nSPS) is 25.2. The van der Waals surface area contributed by atoms with Crippen LogP contribution in [-0.4, -0.2) is 19.3 Å². The van der Waals surface area contributed by atoms with E-state index in [1.807, 2.05) is 6.07 Å². The summed E-state index contributed by atoms with van der Waals surface area (Å²) in [6, 6.07) is 6.52. The van der Waals surface area contributed by atoms with E-state index in [4.69, 9.17) is 15.2 Å². The Bertz CT molecular complexity index is 433. The average molecular weight is 263 g/mol. The van der Waals surface area contributed by atoms with Crippen LogP contribution < -0.4 is 15.2 Å². The zero-order chi connectivity index (χ0) is 13.9. The van der Waals surface area contributed by atoms with Gasteiger partial charge in [-0.05, 0) is 37.0 Å². The Hall–Kier alpha value is -1.22. The largest absolute Gasteiger partial charge is 0.490 e. The van der Waals surface area contributed by atoms with Crippen LogP contribution in [0.1, 0.15) is 45.6 Å². The molecule has 0 spiro atoms. The summed E-state index contributed by atoms with van der Waals surface area (Å²) < 4.78 is 11.6. The third-order valence-corrected chi connectivity index (χ3v) is 3.83. The van der Waals surface area contributed by atoms with Gasteiger partial charge in [-0.1, -0.05) is 26.8 Å². The molecule has 1 aromatic rings. The van der Waals surface area contributed by atoms with Crippen molar-refractivity contribution in [3.05, 3.63) is 23.8 Å². The smallest absolute Gasteiger partial charge is 0.161 e. The van der Waals surface area contributed by atoms with Crippen molar-refractivity contribution in [2.45, 2.75) is 51.5 Å². The summed E-state index contributed by atoms with van der Waals surface area (Å²) in [5, 5.41) is 0. The fourth-order valence-corrected chi connectivity index (χ4v) is 2.25. The van der Waals surface area contributed by atoms with E-state index in [0.29, 0.717) is 6.61 Å². The highest BCUT2D eigenvalue weighted by molar-refractivity contribution is 5.47. The van der Waals surface area contributed by atoms with Crippen molar-refractivity contribution in [2.75, 3.05) is 13.2 Å². The first-order chi connectivity index (χ1) is 9.11. The Morgan fingerprint density at radius 3 is 2.26 bits per heavy atom. The minimum Gasteiger partial charge on any atom is -0.490 e. The first kappa shape index (κ1) is 14.2. The number of benzene rings is 1. The second-order valence-electron chi connectivity index (χ2n) is 5.59. The molecule has 0 bridgehead atoms. The molecule has 2 rings (SSSR count). The van der Waals surface area contributed by atoms with E-state index in [0.717, 1.165) is 37.4 Å². The second-order valence-corrected chi connectivity index (χ2v) is 5.59. The van der Waals surface area contributed by atoms with E-state index in [1.165, 1.54) is 5.56 Å². The maximum atomic E-state index is 6.03. The lowest BCUT2D eigenvalue weighted by molar-refractivity contribution is 0.268. The summed E-state index contributed by atoms with van der Waals surface area (Å²) in [4.78, 5) is 0. The van der Waals surface area contributed by atoms with Crippen molar-refractivity contribution >= 4 is 0 Å². The lowest BCUT2D eigenvalue weighted by Crippen LogP contribution is -2.14. The molecular weight excluding hydrogens is 238 g/mol. The monoisotopic (exact) mass is 263 g/mol. The summed E-state index contributed by atoms with van der Waals surface area (Å²) in [7, 11) is 0. The van der Waals surface area contributed by atoms with E-state index in [-0.39, 0.29) is 11.5 Å². The van der Waals surface area contributed by atoms with Crippen LogP contribution in [0.5, 0.6) is 11.5 Å². The molecule has 19 heavy (non-hydrogen) atoms. The van der Waals surface area contributed by atoms with E-state index < -0.39 is 0 Å². The van der Waals surface area contributed by atoms with Gasteiger partial charge in [0.2, 0.25) is 0 Å². The van der Waals surface area contributed by atoms with Crippen molar-refractivity contribution in [2.24, 2.45) is 5.73 Å². The zero-order valence-corrected chi connectivity index (χ0v) is 12.2. The molecule has 0 heterocycles. The van der Waals surface area contributed by atoms with E-state index in [9.17, 15) is 0 Å². The van der Waals surface area contributed by atoms with E-state index in [2.05, 4.69) is 32.9 Å². The Labute approximate surface area is 116 Å². The Morgan fingerprint density at radius 1 is 1.16 bits per heavy atom. The van der Waals surface area contributed by atoms with Crippen molar-refractivity contribution in [1.82, 2.24) is 0 Å². The van der Waals surface area contributed by atoms with Gasteiger partial charge >= 0.3 is 0 Å². The molecule has 2 atom stereocenters.